The zero-order valence-electron chi connectivity index (χ0n) is 12.6. The van der Waals surface area contributed by atoms with Crippen LogP contribution in [0.25, 0.3) is 0 Å². The Hall–Kier alpha value is -1.33. The van der Waals surface area contributed by atoms with E-state index < -0.39 is 68.8 Å². The molecule has 0 aromatic heterocycles. The standard InChI is InChI=1S/C13H16F2O8S/c1-12(2,18)7-5-3-4-6(7)10(16)22-8(4)9(5)23-11(17)13(14,15)24(19,20)21/h4-9,18H,3H2,1-2H3,(H,19,20,21)/p-1. The lowest BCUT2D eigenvalue weighted by atomic mass is 9.71. The number of alkyl halides is 2. The first-order valence-corrected chi connectivity index (χ1v) is 8.65. The van der Waals surface area contributed by atoms with E-state index in [0.29, 0.717) is 6.42 Å². The third-order valence-electron chi connectivity index (χ3n) is 5.16. The van der Waals surface area contributed by atoms with Crippen molar-refractivity contribution in [1.82, 2.24) is 0 Å². The molecule has 1 N–H and O–H groups in total. The molecule has 3 aliphatic rings. The first-order chi connectivity index (χ1) is 10.8. The molecule has 1 aliphatic heterocycles. The van der Waals surface area contributed by atoms with Crippen LogP contribution in [0.3, 0.4) is 0 Å². The summed E-state index contributed by atoms with van der Waals surface area (Å²) in [6.07, 6.45) is -1.99. The Morgan fingerprint density at radius 3 is 2.46 bits per heavy atom. The van der Waals surface area contributed by atoms with E-state index in [4.69, 9.17) is 4.74 Å². The summed E-state index contributed by atoms with van der Waals surface area (Å²) in [5, 5.41) is 5.04. The summed E-state index contributed by atoms with van der Waals surface area (Å²) in [7, 11) is -6.24. The Kier molecular flexibility index (Phi) is 3.54. The minimum absolute atomic E-state index is 0.309. The first-order valence-electron chi connectivity index (χ1n) is 7.24. The molecule has 2 aliphatic carbocycles. The van der Waals surface area contributed by atoms with Crippen molar-refractivity contribution >= 4 is 22.1 Å². The number of ether oxygens (including phenoxy) is 2. The summed E-state index contributed by atoms with van der Waals surface area (Å²) < 4.78 is 67.9. The second-order valence-electron chi connectivity index (χ2n) is 7.01. The number of carbonyl (C=O) groups is 2. The molecule has 3 fully saturated rings. The normalized spacial score (nSPS) is 38.3. The highest BCUT2D eigenvalue weighted by Crippen LogP contribution is 2.61. The van der Waals surface area contributed by atoms with E-state index >= 15 is 0 Å². The molecule has 1 heterocycles. The van der Waals surface area contributed by atoms with Gasteiger partial charge >= 0.3 is 17.2 Å². The summed E-state index contributed by atoms with van der Waals surface area (Å²) in [6.45, 7) is 2.88. The number of rotatable bonds is 4. The largest absolute Gasteiger partial charge is 0.743 e. The third-order valence-corrected chi connectivity index (χ3v) is 5.95. The van der Waals surface area contributed by atoms with Crippen molar-refractivity contribution in [1.29, 1.82) is 0 Å². The van der Waals surface area contributed by atoms with Gasteiger partial charge in [-0.15, -0.1) is 0 Å². The summed E-state index contributed by atoms with van der Waals surface area (Å²) in [4.78, 5) is 23.5. The Labute approximate surface area is 135 Å². The lowest BCUT2D eigenvalue weighted by Crippen LogP contribution is -2.50. The Balaban J connectivity index is 1.89. The molecule has 24 heavy (non-hydrogen) atoms. The molecule has 0 radical (unpaired) electrons. The second kappa shape index (κ2) is 4.85. The maximum Gasteiger partial charge on any atom is 0.428 e. The van der Waals surface area contributed by atoms with Gasteiger partial charge in [0.15, 0.2) is 10.1 Å². The van der Waals surface area contributed by atoms with Crippen LogP contribution in [0.4, 0.5) is 8.78 Å². The lowest BCUT2D eigenvalue weighted by Gasteiger charge is -2.38. The molecular formula is C13H15F2O8S-. The van der Waals surface area contributed by atoms with Gasteiger partial charge < -0.3 is 19.1 Å². The van der Waals surface area contributed by atoms with Crippen molar-refractivity contribution < 1.29 is 45.9 Å². The molecule has 0 aromatic carbocycles. The molecule has 0 aromatic rings. The van der Waals surface area contributed by atoms with Crippen LogP contribution >= 0.6 is 0 Å². The zero-order chi connectivity index (χ0) is 18.2. The molecule has 136 valence electrons. The number of hydrogen-bond donors (Lipinski definition) is 1. The van der Waals surface area contributed by atoms with Crippen molar-refractivity contribution in [3.63, 3.8) is 0 Å². The van der Waals surface area contributed by atoms with E-state index in [2.05, 4.69) is 4.74 Å². The van der Waals surface area contributed by atoms with Crippen LogP contribution in [0.5, 0.6) is 0 Å². The van der Waals surface area contributed by atoms with Crippen molar-refractivity contribution in [3.8, 4) is 0 Å². The lowest BCUT2D eigenvalue weighted by molar-refractivity contribution is -0.179. The van der Waals surface area contributed by atoms with Crippen molar-refractivity contribution in [2.75, 3.05) is 0 Å². The quantitative estimate of drug-likeness (QED) is 0.524. The van der Waals surface area contributed by atoms with E-state index in [1.165, 1.54) is 13.8 Å². The summed E-state index contributed by atoms with van der Waals surface area (Å²) in [5.41, 5.74) is -1.36. The average molecular weight is 369 g/mol. The van der Waals surface area contributed by atoms with Gasteiger partial charge in [-0.25, -0.2) is 13.2 Å². The van der Waals surface area contributed by atoms with Crippen molar-refractivity contribution in [2.24, 2.45) is 23.7 Å². The number of hydrogen-bond acceptors (Lipinski definition) is 8. The topological polar surface area (TPSA) is 130 Å². The molecule has 11 heteroatoms. The van der Waals surface area contributed by atoms with E-state index in [1.807, 2.05) is 0 Å². The van der Waals surface area contributed by atoms with Gasteiger partial charge in [0.1, 0.15) is 12.2 Å². The second-order valence-corrected chi connectivity index (χ2v) is 8.43. The minimum atomic E-state index is -6.24. The van der Waals surface area contributed by atoms with Gasteiger partial charge in [-0.05, 0) is 20.3 Å². The smallest absolute Gasteiger partial charge is 0.428 e. The highest BCUT2D eigenvalue weighted by molar-refractivity contribution is 7.87. The van der Waals surface area contributed by atoms with Crippen molar-refractivity contribution in [2.45, 2.75) is 43.3 Å². The molecule has 1 saturated heterocycles. The summed E-state index contributed by atoms with van der Waals surface area (Å²) in [6, 6.07) is 0. The maximum absolute atomic E-state index is 13.3. The van der Waals surface area contributed by atoms with Crippen LogP contribution in [0, 0.1) is 23.7 Å². The highest BCUT2D eigenvalue weighted by atomic mass is 32.2. The fourth-order valence-electron chi connectivity index (χ4n) is 4.40. The van der Waals surface area contributed by atoms with E-state index in [9.17, 15) is 36.4 Å². The number of aliphatic hydroxyl groups is 1. The predicted molar refractivity (Wildman–Crippen MR) is 69.3 cm³/mol. The molecule has 6 atom stereocenters. The fourth-order valence-corrected chi connectivity index (χ4v) is 4.66. The third kappa shape index (κ3) is 2.25. The minimum Gasteiger partial charge on any atom is -0.743 e. The Morgan fingerprint density at radius 2 is 1.96 bits per heavy atom. The molecular weight excluding hydrogens is 354 g/mol. The van der Waals surface area contributed by atoms with Gasteiger partial charge in [0.05, 0.1) is 11.5 Å². The number of fused-ring (bicyclic) bond motifs is 1. The number of esters is 2. The van der Waals surface area contributed by atoms with Crippen LogP contribution in [0.2, 0.25) is 0 Å². The van der Waals surface area contributed by atoms with Crippen LogP contribution in [-0.4, -0.2) is 53.1 Å². The van der Waals surface area contributed by atoms with E-state index in [-0.39, 0.29) is 0 Å². The van der Waals surface area contributed by atoms with Crippen LogP contribution in [0.1, 0.15) is 20.3 Å². The van der Waals surface area contributed by atoms with Gasteiger partial charge in [0.2, 0.25) is 0 Å². The molecule has 8 nitrogen and oxygen atoms in total. The predicted octanol–water partition coefficient (Wildman–Crippen LogP) is -0.385. The molecule has 3 rings (SSSR count). The van der Waals surface area contributed by atoms with Crippen molar-refractivity contribution in [3.05, 3.63) is 0 Å². The SMILES string of the molecule is CC(C)(O)C1C2CC3C(OC(=O)C31)C2OC(=O)C(F)(F)S(=O)(=O)[O-]. The first kappa shape index (κ1) is 17.5. The van der Waals surface area contributed by atoms with Crippen LogP contribution in [-0.2, 0) is 29.2 Å². The zero-order valence-corrected chi connectivity index (χ0v) is 13.5. The molecule has 6 unspecified atom stereocenters. The Morgan fingerprint density at radius 1 is 1.38 bits per heavy atom. The Bertz CT molecular complexity index is 697. The van der Waals surface area contributed by atoms with Crippen LogP contribution < -0.4 is 0 Å². The van der Waals surface area contributed by atoms with Gasteiger partial charge in [-0.2, -0.15) is 8.78 Å². The monoisotopic (exact) mass is 369 g/mol. The summed E-state index contributed by atoms with van der Waals surface area (Å²) in [5.74, 6) is -5.48. The maximum atomic E-state index is 13.3. The van der Waals surface area contributed by atoms with Crippen LogP contribution in [0.15, 0.2) is 0 Å². The fraction of sp³-hybridized carbons (Fsp3) is 0.846. The van der Waals surface area contributed by atoms with Gasteiger partial charge in [0.25, 0.3) is 0 Å². The van der Waals surface area contributed by atoms with Gasteiger partial charge in [-0.3, -0.25) is 4.79 Å². The molecule has 0 spiro atoms. The van der Waals surface area contributed by atoms with Gasteiger partial charge in [-0.1, -0.05) is 0 Å². The highest BCUT2D eigenvalue weighted by Gasteiger charge is 2.71. The molecule has 0 amide bonds. The molecule has 2 bridgehead atoms. The average Bonchev–Trinajstić information content (AvgIpc) is 2.99. The van der Waals surface area contributed by atoms with Gasteiger partial charge in [0, 0.05) is 17.8 Å². The van der Waals surface area contributed by atoms with E-state index in [1.54, 1.807) is 0 Å². The number of carbonyl (C=O) groups excluding carboxylic acids is 2. The van der Waals surface area contributed by atoms with E-state index in [0.717, 1.165) is 0 Å². The number of halogens is 2. The summed E-state index contributed by atoms with van der Waals surface area (Å²) >= 11 is 0. The molecule has 2 saturated carbocycles.